The van der Waals surface area contributed by atoms with Crippen LogP contribution < -0.4 is 10.1 Å². The van der Waals surface area contributed by atoms with Gasteiger partial charge in [-0.3, -0.25) is 9.59 Å². The fourth-order valence-corrected chi connectivity index (χ4v) is 4.73. The number of aromatic nitrogens is 1. The van der Waals surface area contributed by atoms with Crippen molar-refractivity contribution in [3.63, 3.8) is 0 Å². The Balaban J connectivity index is 1.20. The Morgan fingerprint density at radius 1 is 1.03 bits per heavy atom. The predicted molar refractivity (Wildman–Crippen MR) is 133 cm³/mol. The number of thioether (sulfide) groups is 1. The SMILES string of the molecule is Cc1oc(-c2ccccc2)nc1COc1ccc2cc(CCCC3NC(=O)SC3=O)ccc2c1. The number of nitrogens with one attached hydrogen (secondary N) is 1. The quantitative estimate of drug-likeness (QED) is 0.336. The molecule has 6 nitrogen and oxygen atoms in total. The van der Waals surface area contributed by atoms with Crippen molar-refractivity contribution >= 4 is 32.9 Å². The van der Waals surface area contributed by atoms with Gasteiger partial charge in [-0.05, 0) is 66.8 Å². The molecule has 1 amide bonds. The third-order valence-corrected chi connectivity index (χ3v) is 6.68. The van der Waals surface area contributed by atoms with Crippen LogP contribution in [-0.2, 0) is 17.8 Å². The molecule has 0 radical (unpaired) electrons. The Kier molecular flexibility index (Phi) is 6.36. The van der Waals surface area contributed by atoms with Crippen molar-refractivity contribution in [2.24, 2.45) is 0 Å². The molecule has 0 saturated carbocycles. The number of hydrogen-bond donors (Lipinski definition) is 1. The molecule has 1 saturated heterocycles. The van der Waals surface area contributed by atoms with Crippen LogP contribution in [0.1, 0.15) is 29.9 Å². The molecule has 0 spiro atoms. The van der Waals surface area contributed by atoms with Crippen LogP contribution in [-0.4, -0.2) is 21.4 Å². The first-order valence-electron chi connectivity index (χ1n) is 11.2. The number of amides is 1. The third-order valence-electron chi connectivity index (χ3n) is 5.89. The van der Waals surface area contributed by atoms with Gasteiger partial charge in [0.05, 0.1) is 6.04 Å². The van der Waals surface area contributed by atoms with Gasteiger partial charge in [0.2, 0.25) is 11.0 Å². The van der Waals surface area contributed by atoms with Gasteiger partial charge >= 0.3 is 0 Å². The Labute approximate surface area is 201 Å². The van der Waals surface area contributed by atoms with E-state index < -0.39 is 0 Å². The monoisotopic (exact) mass is 472 g/mol. The van der Waals surface area contributed by atoms with Crippen molar-refractivity contribution in [3.05, 3.63) is 83.7 Å². The van der Waals surface area contributed by atoms with Crippen LogP contribution in [0.15, 0.2) is 71.1 Å². The van der Waals surface area contributed by atoms with Crippen LogP contribution in [0.2, 0.25) is 0 Å². The van der Waals surface area contributed by atoms with E-state index in [1.54, 1.807) is 0 Å². The van der Waals surface area contributed by atoms with Crippen LogP contribution in [0.5, 0.6) is 5.75 Å². The molecule has 0 bridgehead atoms. The number of oxazole rings is 1. The molecule has 1 aliphatic rings. The van der Waals surface area contributed by atoms with Crippen molar-refractivity contribution in [1.29, 1.82) is 0 Å². The molecule has 4 aromatic rings. The Morgan fingerprint density at radius 3 is 2.62 bits per heavy atom. The third kappa shape index (κ3) is 4.99. The number of carbonyl (C=O) groups excluding carboxylic acids is 2. The van der Waals surface area contributed by atoms with E-state index in [2.05, 4.69) is 34.6 Å². The van der Waals surface area contributed by atoms with E-state index in [1.165, 1.54) is 5.56 Å². The van der Waals surface area contributed by atoms with Gasteiger partial charge in [0.1, 0.15) is 23.8 Å². The van der Waals surface area contributed by atoms with Crippen LogP contribution in [0, 0.1) is 6.92 Å². The highest BCUT2D eigenvalue weighted by atomic mass is 32.2. The molecule has 1 unspecified atom stereocenters. The van der Waals surface area contributed by atoms with Crippen molar-refractivity contribution in [3.8, 4) is 17.2 Å². The van der Waals surface area contributed by atoms with E-state index in [0.717, 1.165) is 58.1 Å². The summed E-state index contributed by atoms with van der Waals surface area (Å²) in [7, 11) is 0. The van der Waals surface area contributed by atoms with Gasteiger partial charge in [-0.15, -0.1) is 0 Å². The van der Waals surface area contributed by atoms with Crippen LogP contribution >= 0.6 is 11.8 Å². The molecule has 1 fully saturated rings. The molecule has 3 aromatic carbocycles. The first-order chi connectivity index (χ1) is 16.5. The molecule has 5 rings (SSSR count). The minimum Gasteiger partial charge on any atom is -0.487 e. The molecule has 2 heterocycles. The molecular weight excluding hydrogens is 448 g/mol. The zero-order valence-corrected chi connectivity index (χ0v) is 19.6. The maximum Gasteiger partial charge on any atom is 0.287 e. The molecule has 1 N–H and O–H groups in total. The lowest BCUT2D eigenvalue weighted by Crippen LogP contribution is -2.28. The molecule has 0 aliphatic carbocycles. The van der Waals surface area contributed by atoms with Crippen molar-refractivity contribution < 1.29 is 18.7 Å². The minimum atomic E-state index is -0.352. The molecule has 7 heteroatoms. The second-order valence-electron chi connectivity index (χ2n) is 8.32. The number of carbonyl (C=O) groups is 2. The molecule has 1 atom stereocenters. The van der Waals surface area contributed by atoms with Gasteiger partial charge in [-0.1, -0.05) is 42.5 Å². The summed E-state index contributed by atoms with van der Waals surface area (Å²) in [4.78, 5) is 27.6. The van der Waals surface area contributed by atoms with Crippen LogP contribution in [0.3, 0.4) is 0 Å². The predicted octanol–water partition coefficient (Wildman–Crippen LogP) is 6.06. The normalized spacial score (nSPS) is 15.6. The lowest BCUT2D eigenvalue weighted by atomic mass is 10.0. The van der Waals surface area contributed by atoms with Gasteiger partial charge in [0.25, 0.3) is 5.24 Å². The number of ether oxygens (including phenoxy) is 1. The summed E-state index contributed by atoms with van der Waals surface area (Å²) >= 11 is 0.771. The number of fused-ring (bicyclic) bond motifs is 1. The second-order valence-corrected chi connectivity index (χ2v) is 9.29. The van der Waals surface area contributed by atoms with Crippen molar-refractivity contribution in [1.82, 2.24) is 10.3 Å². The van der Waals surface area contributed by atoms with Crippen molar-refractivity contribution in [2.75, 3.05) is 0 Å². The maximum atomic E-state index is 11.7. The van der Waals surface area contributed by atoms with Gasteiger partial charge in [-0.2, -0.15) is 0 Å². The summed E-state index contributed by atoms with van der Waals surface area (Å²) < 4.78 is 11.8. The van der Waals surface area contributed by atoms with E-state index in [0.29, 0.717) is 18.9 Å². The van der Waals surface area contributed by atoms with E-state index in [-0.39, 0.29) is 16.4 Å². The fourth-order valence-electron chi connectivity index (χ4n) is 4.03. The maximum absolute atomic E-state index is 11.7. The Hall–Kier alpha value is -3.58. The largest absolute Gasteiger partial charge is 0.487 e. The first kappa shape index (κ1) is 22.2. The minimum absolute atomic E-state index is 0.0758. The summed E-state index contributed by atoms with van der Waals surface area (Å²) in [5, 5.41) is 4.62. The van der Waals surface area contributed by atoms with Gasteiger partial charge in [0.15, 0.2) is 0 Å². The first-order valence-corrected chi connectivity index (χ1v) is 12.1. The number of aryl methyl sites for hydroxylation is 2. The number of nitrogens with zero attached hydrogens (tertiary/aromatic N) is 1. The molecule has 34 heavy (non-hydrogen) atoms. The number of benzene rings is 3. The second kappa shape index (κ2) is 9.73. The summed E-state index contributed by atoms with van der Waals surface area (Å²) in [5.41, 5.74) is 2.93. The van der Waals surface area contributed by atoms with E-state index in [1.807, 2.05) is 49.4 Å². The molecular formula is C27H24N2O4S. The highest BCUT2D eigenvalue weighted by Crippen LogP contribution is 2.26. The zero-order chi connectivity index (χ0) is 23.5. The van der Waals surface area contributed by atoms with E-state index in [4.69, 9.17) is 9.15 Å². The highest BCUT2D eigenvalue weighted by Gasteiger charge is 2.30. The number of rotatable bonds is 8. The summed E-state index contributed by atoms with van der Waals surface area (Å²) in [6.07, 6.45) is 2.36. The Morgan fingerprint density at radius 2 is 1.82 bits per heavy atom. The van der Waals surface area contributed by atoms with Crippen LogP contribution in [0.25, 0.3) is 22.2 Å². The standard InChI is InChI=1S/C27H24N2O4S/c1-17-24(28-25(33-17)19-7-3-2-4-8-19)16-32-22-13-12-20-14-18(10-11-21(20)15-22)6-5-9-23-26(30)34-27(31)29-23/h2-4,7-8,10-15,23H,5-6,9,16H2,1H3,(H,29,31). The molecule has 172 valence electrons. The zero-order valence-electron chi connectivity index (χ0n) is 18.7. The lowest BCUT2D eigenvalue weighted by Gasteiger charge is -2.09. The average molecular weight is 473 g/mol. The lowest BCUT2D eigenvalue weighted by molar-refractivity contribution is -0.112. The van der Waals surface area contributed by atoms with Crippen LogP contribution in [0.4, 0.5) is 4.79 Å². The molecule has 1 aromatic heterocycles. The topological polar surface area (TPSA) is 81.4 Å². The summed E-state index contributed by atoms with van der Waals surface area (Å²) in [6, 6.07) is 21.9. The Bertz CT molecular complexity index is 1350. The van der Waals surface area contributed by atoms with Gasteiger partial charge in [0, 0.05) is 17.3 Å². The van der Waals surface area contributed by atoms with Gasteiger partial charge in [-0.25, -0.2) is 4.98 Å². The average Bonchev–Trinajstić information content (AvgIpc) is 3.38. The van der Waals surface area contributed by atoms with E-state index >= 15 is 0 Å². The smallest absolute Gasteiger partial charge is 0.287 e. The summed E-state index contributed by atoms with van der Waals surface area (Å²) in [5.74, 6) is 2.12. The van der Waals surface area contributed by atoms with Crippen molar-refractivity contribution in [2.45, 2.75) is 38.8 Å². The number of hydrogen-bond acceptors (Lipinski definition) is 6. The van der Waals surface area contributed by atoms with E-state index in [9.17, 15) is 9.59 Å². The van der Waals surface area contributed by atoms with Gasteiger partial charge < -0.3 is 14.5 Å². The summed E-state index contributed by atoms with van der Waals surface area (Å²) in [6.45, 7) is 2.23. The molecule has 1 aliphatic heterocycles. The highest BCUT2D eigenvalue weighted by molar-refractivity contribution is 8.26. The fraction of sp³-hybridized carbons (Fsp3) is 0.222.